The summed E-state index contributed by atoms with van der Waals surface area (Å²) in [7, 11) is -4.76. The summed E-state index contributed by atoms with van der Waals surface area (Å²) in [4.78, 5) is 41.3. The zero-order chi connectivity index (χ0) is 29.9. The Morgan fingerprint density at radius 3 is 2.62 bits per heavy atom. The van der Waals surface area contributed by atoms with Crippen LogP contribution in [-0.4, -0.2) is 114 Å². The number of aliphatic hydroxyl groups is 4. The van der Waals surface area contributed by atoms with E-state index in [0.29, 0.717) is 5.56 Å². The van der Waals surface area contributed by atoms with E-state index in [2.05, 4.69) is 30.0 Å². The summed E-state index contributed by atoms with van der Waals surface area (Å²) < 4.78 is 32.7. The van der Waals surface area contributed by atoms with Gasteiger partial charge in [-0.2, -0.15) is 14.6 Å². The molecule has 0 spiro atoms. The molecule has 4 aromatic rings. The van der Waals surface area contributed by atoms with Gasteiger partial charge >= 0.3 is 7.60 Å². The van der Waals surface area contributed by atoms with E-state index in [1.54, 1.807) is 0 Å². The molecule has 0 radical (unpaired) electrons. The van der Waals surface area contributed by atoms with Crippen LogP contribution in [0, 0.1) is 0 Å². The molecule has 0 amide bonds. The SMILES string of the molecule is Nc1nc2c(ncn2[C@@H]2O[C@H](CO)[C@@H](O)[C@H]2P(=O)(O)OCC[C@H]2O[C@@H](c3cnn4c(N)ncnc34)[C@H](O)[C@@H]2O)c(=O)[nH]1. The summed E-state index contributed by atoms with van der Waals surface area (Å²) in [6.45, 7) is -1.15. The van der Waals surface area contributed by atoms with Crippen LogP contribution in [0.15, 0.2) is 23.6 Å². The van der Waals surface area contributed by atoms with Crippen LogP contribution in [-0.2, 0) is 18.6 Å². The highest BCUT2D eigenvalue weighted by atomic mass is 31.2. The van der Waals surface area contributed by atoms with Gasteiger partial charge in [0.15, 0.2) is 23.0 Å². The standard InChI is InChI=1S/C21H27N10O10P/c22-20-28-17-10(18(36)29-20)26-6-30(17)19-15(12(34)9(4-32)41-19)42(37,38)39-2-1-8-11(33)13(35)14(40-8)7-3-27-31-16(7)24-5-25-21(31)23/h3,5-6,8-9,11-15,19,32-35H,1-2,4H2,(H,37,38)(H2,23,24,25)(H3,22,28,29,36)/t8-,9-,11-,12-,13-,14+,15-,19-/m1/s1. The zero-order valence-electron chi connectivity index (χ0n) is 21.5. The van der Waals surface area contributed by atoms with Crippen molar-refractivity contribution in [2.45, 2.75) is 54.9 Å². The van der Waals surface area contributed by atoms with Crippen LogP contribution < -0.4 is 17.0 Å². The van der Waals surface area contributed by atoms with Crippen LogP contribution >= 0.6 is 7.60 Å². The maximum atomic E-state index is 13.5. The fourth-order valence-corrected chi connectivity index (χ4v) is 6.93. The molecule has 6 rings (SSSR count). The van der Waals surface area contributed by atoms with Gasteiger partial charge in [0.05, 0.1) is 31.8 Å². The van der Waals surface area contributed by atoms with Crippen molar-refractivity contribution in [2.24, 2.45) is 0 Å². The number of nitrogen functional groups attached to an aromatic ring is 2. The molecule has 0 aromatic carbocycles. The van der Waals surface area contributed by atoms with Gasteiger partial charge in [-0.1, -0.05) is 0 Å². The second kappa shape index (κ2) is 10.6. The van der Waals surface area contributed by atoms with Crippen molar-refractivity contribution in [3.63, 3.8) is 0 Å². The Morgan fingerprint density at radius 2 is 1.86 bits per heavy atom. The Balaban J connectivity index is 1.19. The highest BCUT2D eigenvalue weighted by Crippen LogP contribution is 2.57. The van der Waals surface area contributed by atoms with Gasteiger partial charge in [0, 0.05) is 12.0 Å². The van der Waals surface area contributed by atoms with Crippen LogP contribution in [0.3, 0.4) is 0 Å². The van der Waals surface area contributed by atoms with Crippen molar-refractivity contribution in [1.82, 2.24) is 39.1 Å². The Labute approximate surface area is 234 Å². The van der Waals surface area contributed by atoms with Crippen molar-refractivity contribution in [2.75, 3.05) is 24.7 Å². The van der Waals surface area contributed by atoms with Crippen LogP contribution in [0.25, 0.3) is 16.8 Å². The molecular weight excluding hydrogens is 583 g/mol. The van der Waals surface area contributed by atoms with Crippen molar-refractivity contribution in [1.29, 1.82) is 0 Å². The van der Waals surface area contributed by atoms with Crippen molar-refractivity contribution >= 4 is 36.3 Å². The summed E-state index contributed by atoms with van der Waals surface area (Å²) in [5.41, 5.74) is 9.50. The number of ether oxygens (including phenoxy) is 2. The zero-order valence-corrected chi connectivity index (χ0v) is 22.4. The first-order valence-corrected chi connectivity index (χ1v) is 14.3. The molecule has 2 fully saturated rings. The van der Waals surface area contributed by atoms with Crippen molar-refractivity contribution in [3.8, 4) is 0 Å². The quantitative estimate of drug-likeness (QED) is 0.0910. The van der Waals surface area contributed by atoms with Crippen LogP contribution in [0.5, 0.6) is 0 Å². The number of H-pyrrole nitrogens is 1. The molecule has 10 N–H and O–H groups in total. The fourth-order valence-electron chi connectivity index (χ4n) is 5.27. The Hall–Kier alpha value is -3.59. The summed E-state index contributed by atoms with van der Waals surface area (Å²) in [6, 6.07) is 0. The van der Waals surface area contributed by atoms with E-state index in [1.807, 2.05) is 0 Å². The number of nitrogens with zero attached hydrogens (tertiary/aromatic N) is 7. The first-order chi connectivity index (χ1) is 20.0. The van der Waals surface area contributed by atoms with E-state index in [0.717, 1.165) is 10.9 Å². The van der Waals surface area contributed by atoms with Crippen molar-refractivity contribution in [3.05, 3.63) is 34.8 Å². The average Bonchev–Trinajstić information content (AvgIpc) is 3.70. The van der Waals surface area contributed by atoms with Crippen LogP contribution in [0.1, 0.15) is 24.3 Å². The Bertz CT molecular complexity index is 1730. The lowest BCUT2D eigenvalue weighted by Gasteiger charge is -2.26. The van der Waals surface area contributed by atoms with Gasteiger partial charge in [0.1, 0.15) is 42.5 Å². The molecule has 226 valence electrons. The molecule has 2 saturated heterocycles. The largest absolute Gasteiger partial charge is 0.394 e. The second-order valence-corrected chi connectivity index (χ2v) is 11.8. The number of aromatic nitrogens is 8. The summed E-state index contributed by atoms with van der Waals surface area (Å²) in [6.07, 6.45) is -5.68. The molecule has 21 heteroatoms. The minimum atomic E-state index is -4.76. The number of aliphatic hydroxyl groups excluding tert-OH is 4. The Morgan fingerprint density at radius 1 is 1.07 bits per heavy atom. The first-order valence-electron chi connectivity index (χ1n) is 12.6. The van der Waals surface area contributed by atoms with Crippen molar-refractivity contribution < 1.29 is 43.9 Å². The van der Waals surface area contributed by atoms with Gasteiger partial charge in [-0.25, -0.2) is 15.0 Å². The Kier molecular flexibility index (Phi) is 7.20. The van der Waals surface area contributed by atoms with Gasteiger partial charge < -0.3 is 50.8 Å². The number of aromatic amines is 1. The maximum Gasteiger partial charge on any atom is 0.338 e. The molecule has 2 aliphatic heterocycles. The highest BCUT2D eigenvalue weighted by molar-refractivity contribution is 7.53. The number of nitrogens with two attached hydrogens (primary N) is 2. The second-order valence-electron chi connectivity index (χ2n) is 9.83. The van der Waals surface area contributed by atoms with Gasteiger partial charge in [-0.15, -0.1) is 0 Å². The molecule has 1 unspecified atom stereocenters. The molecular formula is C21H27N10O10P. The number of hydrogen-bond acceptors (Lipinski definition) is 16. The van der Waals surface area contributed by atoms with Gasteiger partial charge in [0.2, 0.25) is 11.9 Å². The van der Waals surface area contributed by atoms with E-state index in [1.165, 1.54) is 17.0 Å². The molecule has 42 heavy (non-hydrogen) atoms. The van der Waals surface area contributed by atoms with Gasteiger partial charge in [-0.3, -0.25) is 18.9 Å². The maximum absolute atomic E-state index is 13.5. The number of fused-ring (bicyclic) bond motifs is 2. The molecule has 0 saturated carbocycles. The number of nitrogens with one attached hydrogen (secondary N) is 1. The van der Waals surface area contributed by atoms with Crippen LogP contribution in [0.4, 0.5) is 11.9 Å². The van der Waals surface area contributed by atoms with E-state index >= 15 is 0 Å². The van der Waals surface area contributed by atoms with Crippen LogP contribution in [0.2, 0.25) is 0 Å². The minimum absolute atomic E-state index is 0.0532. The molecule has 2 aliphatic rings. The third-order valence-corrected chi connectivity index (χ3v) is 9.19. The number of hydrogen-bond donors (Lipinski definition) is 8. The predicted octanol–water partition coefficient (Wildman–Crippen LogP) is -3.21. The molecule has 6 heterocycles. The monoisotopic (exact) mass is 610 g/mol. The molecule has 20 nitrogen and oxygen atoms in total. The van der Waals surface area contributed by atoms with E-state index in [-0.39, 0.29) is 35.1 Å². The minimum Gasteiger partial charge on any atom is -0.394 e. The third-order valence-electron chi connectivity index (χ3n) is 7.32. The van der Waals surface area contributed by atoms with Gasteiger partial charge in [-0.05, 0) is 0 Å². The summed E-state index contributed by atoms with van der Waals surface area (Å²) in [5.74, 6) is -0.195. The topological polar surface area (TPSA) is 305 Å². The lowest BCUT2D eigenvalue weighted by atomic mass is 10.0. The van der Waals surface area contributed by atoms with E-state index < -0.39 is 74.9 Å². The lowest BCUT2D eigenvalue weighted by Crippen LogP contribution is -2.34. The average molecular weight is 610 g/mol. The molecule has 0 aliphatic carbocycles. The smallest absolute Gasteiger partial charge is 0.338 e. The van der Waals surface area contributed by atoms with E-state index in [4.69, 9.17) is 25.5 Å². The normalized spacial score (nSPS) is 31.3. The number of anilines is 2. The molecule has 0 bridgehead atoms. The first kappa shape index (κ1) is 28.5. The number of rotatable bonds is 8. The summed E-state index contributed by atoms with van der Waals surface area (Å²) >= 11 is 0. The van der Waals surface area contributed by atoms with Gasteiger partial charge in [0.25, 0.3) is 5.56 Å². The third kappa shape index (κ3) is 4.62. The molecule has 4 aromatic heterocycles. The fraction of sp³-hybridized carbons (Fsp3) is 0.524. The molecule has 9 atom stereocenters. The highest BCUT2D eigenvalue weighted by Gasteiger charge is 2.55. The van der Waals surface area contributed by atoms with E-state index in [9.17, 15) is 34.7 Å². The lowest BCUT2D eigenvalue weighted by molar-refractivity contribution is -0.0433. The summed E-state index contributed by atoms with van der Waals surface area (Å²) in [5, 5.41) is 45.9. The number of imidazole rings is 1. The predicted molar refractivity (Wildman–Crippen MR) is 139 cm³/mol.